The van der Waals surface area contributed by atoms with Gasteiger partial charge in [0.05, 0.1) is 7.11 Å². The molecule has 0 fully saturated rings. The third-order valence-electron chi connectivity index (χ3n) is 2.20. The van der Waals surface area contributed by atoms with Gasteiger partial charge in [-0.05, 0) is 6.42 Å². The Balaban J connectivity index is 2.39. The summed E-state index contributed by atoms with van der Waals surface area (Å²) in [7, 11) is 1.30. The van der Waals surface area contributed by atoms with Crippen LogP contribution in [0.4, 0.5) is 0 Å². The zero-order chi connectivity index (χ0) is 13.1. The predicted octanol–water partition coefficient (Wildman–Crippen LogP) is 2.25. The van der Waals surface area contributed by atoms with Crippen molar-refractivity contribution in [1.82, 2.24) is 19.7 Å². The number of thiazole rings is 1. The maximum atomic E-state index is 11.4. The molecule has 0 atom stereocenters. The Kier molecular flexibility index (Phi) is 3.93. The highest BCUT2D eigenvalue weighted by Crippen LogP contribution is 2.30. The van der Waals surface area contributed by atoms with Gasteiger partial charge in [-0.15, -0.1) is 11.3 Å². The Morgan fingerprint density at radius 3 is 3.06 bits per heavy atom. The third-order valence-corrected chi connectivity index (χ3v) is 3.62. The number of nitrogens with zero attached hydrogens (tertiary/aromatic N) is 4. The van der Waals surface area contributed by atoms with Crippen molar-refractivity contribution in [2.24, 2.45) is 0 Å². The monoisotopic (exact) mass is 286 g/mol. The molecule has 18 heavy (non-hydrogen) atoms. The van der Waals surface area contributed by atoms with Crippen LogP contribution in [-0.4, -0.2) is 32.8 Å². The van der Waals surface area contributed by atoms with Crippen LogP contribution in [0.2, 0.25) is 5.15 Å². The normalized spacial score (nSPS) is 10.6. The summed E-state index contributed by atoms with van der Waals surface area (Å²) in [5.74, 6) is 0.115. The average molecular weight is 287 g/mol. The molecule has 2 heterocycles. The number of hydrogen-bond acceptors (Lipinski definition) is 6. The minimum Gasteiger partial charge on any atom is -0.465 e. The Bertz CT molecular complexity index is 566. The van der Waals surface area contributed by atoms with Crippen molar-refractivity contribution in [3.05, 3.63) is 16.4 Å². The summed E-state index contributed by atoms with van der Waals surface area (Å²) in [5, 5.41) is 4.79. The fourth-order valence-electron chi connectivity index (χ4n) is 1.42. The first-order valence-electron chi connectivity index (χ1n) is 5.30. The van der Waals surface area contributed by atoms with Gasteiger partial charge in [-0.2, -0.15) is 5.10 Å². The average Bonchev–Trinajstić information content (AvgIpc) is 2.95. The van der Waals surface area contributed by atoms with Crippen LogP contribution in [0.3, 0.4) is 0 Å². The van der Waals surface area contributed by atoms with E-state index in [2.05, 4.69) is 19.8 Å². The molecule has 8 heteroatoms. The Labute approximate surface area is 113 Å². The van der Waals surface area contributed by atoms with Crippen LogP contribution in [-0.2, 0) is 11.3 Å². The highest BCUT2D eigenvalue weighted by Gasteiger charge is 2.20. The summed E-state index contributed by atoms with van der Waals surface area (Å²) in [6.45, 7) is 2.78. The number of rotatable bonds is 4. The lowest BCUT2D eigenvalue weighted by molar-refractivity contribution is 0.0606. The molecule has 0 saturated heterocycles. The topological polar surface area (TPSA) is 69.9 Å². The van der Waals surface area contributed by atoms with Gasteiger partial charge in [-0.25, -0.2) is 19.4 Å². The Morgan fingerprint density at radius 1 is 1.61 bits per heavy atom. The second kappa shape index (κ2) is 5.45. The largest absolute Gasteiger partial charge is 0.465 e. The number of hydrogen-bond donors (Lipinski definition) is 0. The second-order valence-electron chi connectivity index (χ2n) is 3.44. The first-order chi connectivity index (χ1) is 8.67. The van der Waals surface area contributed by atoms with E-state index in [9.17, 15) is 4.79 Å². The summed E-state index contributed by atoms with van der Waals surface area (Å²) >= 11 is 7.05. The van der Waals surface area contributed by atoms with Gasteiger partial charge >= 0.3 is 5.97 Å². The quantitative estimate of drug-likeness (QED) is 0.806. The SMILES string of the molecule is CCCn1ncnc1-c1nc(Cl)c(C(=O)OC)s1. The third kappa shape index (κ3) is 2.37. The summed E-state index contributed by atoms with van der Waals surface area (Å²) in [4.78, 5) is 20.0. The van der Waals surface area contributed by atoms with E-state index in [0.717, 1.165) is 24.3 Å². The standard InChI is InChI=1S/C10H11ClN4O2S/c1-3-4-15-8(12-5-13-15)9-14-7(11)6(18-9)10(16)17-2/h5H,3-4H2,1-2H3. The van der Waals surface area contributed by atoms with Crippen molar-refractivity contribution in [2.75, 3.05) is 7.11 Å². The Morgan fingerprint density at radius 2 is 2.39 bits per heavy atom. The fraction of sp³-hybridized carbons (Fsp3) is 0.400. The van der Waals surface area contributed by atoms with E-state index < -0.39 is 5.97 Å². The molecule has 0 aliphatic rings. The van der Waals surface area contributed by atoms with Gasteiger partial charge in [0.2, 0.25) is 0 Å². The summed E-state index contributed by atoms with van der Waals surface area (Å²) < 4.78 is 6.36. The summed E-state index contributed by atoms with van der Waals surface area (Å²) in [6.07, 6.45) is 2.39. The summed E-state index contributed by atoms with van der Waals surface area (Å²) in [5.41, 5.74) is 0. The van der Waals surface area contributed by atoms with Gasteiger partial charge in [-0.1, -0.05) is 18.5 Å². The fourth-order valence-corrected chi connectivity index (χ4v) is 2.62. The maximum Gasteiger partial charge on any atom is 0.351 e. The molecule has 2 aromatic heterocycles. The van der Waals surface area contributed by atoms with Crippen molar-refractivity contribution < 1.29 is 9.53 Å². The minimum atomic E-state index is -0.495. The molecule has 6 nitrogen and oxygen atoms in total. The van der Waals surface area contributed by atoms with Gasteiger partial charge < -0.3 is 4.74 Å². The molecule has 0 aromatic carbocycles. The van der Waals surface area contributed by atoms with E-state index in [1.807, 2.05) is 6.92 Å². The lowest BCUT2D eigenvalue weighted by atomic mass is 10.5. The molecule has 2 rings (SSSR count). The molecular formula is C10H11ClN4O2S. The number of carbonyl (C=O) groups excluding carboxylic acids is 1. The second-order valence-corrected chi connectivity index (χ2v) is 4.79. The minimum absolute atomic E-state index is 0.132. The lowest BCUT2D eigenvalue weighted by Gasteiger charge is -2.00. The van der Waals surface area contributed by atoms with Gasteiger partial charge in [0, 0.05) is 6.54 Å². The van der Waals surface area contributed by atoms with Crippen molar-refractivity contribution in [3.8, 4) is 10.8 Å². The van der Waals surface area contributed by atoms with E-state index in [4.69, 9.17) is 11.6 Å². The molecule has 0 bridgehead atoms. The van der Waals surface area contributed by atoms with Crippen LogP contribution in [0.5, 0.6) is 0 Å². The smallest absolute Gasteiger partial charge is 0.351 e. The van der Waals surface area contributed by atoms with Crippen molar-refractivity contribution in [3.63, 3.8) is 0 Å². The number of carbonyl (C=O) groups is 1. The molecule has 0 unspecified atom stereocenters. The molecule has 0 amide bonds. The molecular weight excluding hydrogens is 276 g/mol. The van der Waals surface area contributed by atoms with Gasteiger partial charge in [0.1, 0.15) is 6.33 Å². The van der Waals surface area contributed by atoms with Crippen LogP contribution in [0.15, 0.2) is 6.33 Å². The molecule has 0 N–H and O–H groups in total. The number of aryl methyl sites for hydroxylation is 1. The first-order valence-corrected chi connectivity index (χ1v) is 6.49. The van der Waals surface area contributed by atoms with Crippen LogP contribution in [0.25, 0.3) is 10.8 Å². The number of halogens is 1. The van der Waals surface area contributed by atoms with E-state index >= 15 is 0 Å². The van der Waals surface area contributed by atoms with Gasteiger partial charge in [0.25, 0.3) is 0 Å². The van der Waals surface area contributed by atoms with Crippen LogP contribution in [0, 0.1) is 0 Å². The molecule has 0 radical (unpaired) electrons. The van der Waals surface area contributed by atoms with Crippen LogP contribution < -0.4 is 0 Å². The molecule has 0 spiro atoms. The van der Waals surface area contributed by atoms with Gasteiger partial charge in [0.15, 0.2) is 20.9 Å². The van der Waals surface area contributed by atoms with Crippen molar-refractivity contribution in [2.45, 2.75) is 19.9 Å². The first kappa shape index (κ1) is 13.0. The van der Waals surface area contributed by atoms with Crippen LogP contribution >= 0.6 is 22.9 Å². The van der Waals surface area contributed by atoms with Crippen molar-refractivity contribution in [1.29, 1.82) is 0 Å². The van der Waals surface area contributed by atoms with E-state index in [1.54, 1.807) is 4.68 Å². The predicted molar refractivity (Wildman–Crippen MR) is 67.8 cm³/mol. The highest BCUT2D eigenvalue weighted by atomic mass is 35.5. The number of ether oxygens (including phenoxy) is 1. The highest BCUT2D eigenvalue weighted by molar-refractivity contribution is 7.17. The van der Waals surface area contributed by atoms with Crippen molar-refractivity contribution >= 4 is 28.9 Å². The number of esters is 1. The zero-order valence-corrected chi connectivity index (χ0v) is 11.5. The number of methoxy groups -OCH3 is 1. The zero-order valence-electron chi connectivity index (χ0n) is 9.88. The van der Waals surface area contributed by atoms with E-state index in [1.165, 1.54) is 13.4 Å². The molecule has 2 aromatic rings. The van der Waals surface area contributed by atoms with E-state index in [-0.39, 0.29) is 10.0 Å². The summed E-state index contributed by atoms with van der Waals surface area (Å²) in [6, 6.07) is 0. The number of aromatic nitrogens is 4. The molecule has 0 aliphatic heterocycles. The van der Waals surface area contributed by atoms with Gasteiger partial charge in [-0.3, -0.25) is 0 Å². The lowest BCUT2D eigenvalue weighted by Crippen LogP contribution is -2.01. The Hall–Kier alpha value is -1.47. The maximum absolute atomic E-state index is 11.4. The molecule has 0 aliphatic carbocycles. The van der Waals surface area contributed by atoms with E-state index in [0.29, 0.717) is 10.8 Å². The molecule has 96 valence electrons. The molecule has 0 saturated carbocycles. The van der Waals surface area contributed by atoms with Crippen LogP contribution in [0.1, 0.15) is 23.0 Å².